The zero-order valence-electron chi connectivity index (χ0n) is 16.0. The number of pyridine rings is 1. The number of amides is 2. The van der Waals surface area contributed by atoms with Gasteiger partial charge in [0.05, 0.1) is 29.5 Å². The molecule has 1 aliphatic rings. The Morgan fingerprint density at radius 2 is 1.93 bits per heavy atom. The minimum atomic E-state index is -0.329. The van der Waals surface area contributed by atoms with E-state index < -0.39 is 0 Å². The van der Waals surface area contributed by atoms with Gasteiger partial charge in [0.2, 0.25) is 5.91 Å². The number of carbonyl (C=O) groups is 2. The Morgan fingerprint density at radius 3 is 2.66 bits per heavy atom. The number of furan rings is 1. The van der Waals surface area contributed by atoms with Gasteiger partial charge >= 0.3 is 0 Å². The molecule has 0 aliphatic carbocycles. The molecule has 2 unspecified atom stereocenters. The Hall–Kier alpha value is -3.41. The van der Waals surface area contributed by atoms with Gasteiger partial charge in [-0.3, -0.25) is 14.6 Å². The van der Waals surface area contributed by atoms with Gasteiger partial charge in [-0.25, -0.2) is 0 Å². The highest BCUT2D eigenvalue weighted by molar-refractivity contribution is 5.94. The summed E-state index contributed by atoms with van der Waals surface area (Å²) in [5, 5.41) is 3.16. The van der Waals surface area contributed by atoms with Gasteiger partial charge in [-0.15, -0.1) is 0 Å². The van der Waals surface area contributed by atoms with Crippen LogP contribution in [0.3, 0.4) is 0 Å². The van der Waals surface area contributed by atoms with Gasteiger partial charge in [0.15, 0.2) is 0 Å². The van der Waals surface area contributed by atoms with Crippen molar-refractivity contribution in [1.82, 2.24) is 15.2 Å². The van der Waals surface area contributed by atoms with E-state index in [0.29, 0.717) is 18.7 Å². The zero-order chi connectivity index (χ0) is 20.1. The summed E-state index contributed by atoms with van der Waals surface area (Å²) in [4.78, 5) is 31.9. The number of hydrogen-bond acceptors (Lipinski definition) is 4. The molecule has 0 bridgehead atoms. The van der Waals surface area contributed by atoms with Crippen LogP contribution in [0.5, 0.6) is 0 Å². The van der Waals surface area contributed by atoms with E-state index in [0.717, 1.165) is 24.1 Å². The molecule has 0 spiro atoms. The van der Waals surface area contributed by atoms with Crippen LogP contribution >= 0.6 is 0 Å². The third-order valence-corrected chi connectivity index (χ3v) is 5.25. The monoisotopic (exact) mass is 389 g/mol. The van der Waals surface area contributed by atoms with Crippen molar-refractivity contribution >= 4 is 11.8 Å². The van der Waals surface area contributed by atoms with E-state index in [1.165, 1.54) is 12.5 Å². The van der Waals surface area contributed by atoms with Gasteiger partial charge in [-0.1, -0.05) is 36.4 Å². The van der Waals surface area contributed by atoms with Gasteiger partial charge in [-0.2, -0.15) is 0 Å². The molecule has 2 amide bonds. The minimum Gasteiger partial charge on any atom is -0.472 e. The average Bonchev–Trinajstić information content (AvgIpc) is 3.33. The molecule has 3 aromatic rings. The van der Waals surface area contributed by atoms with Crippen molar-refractivity contribution in [2.75, 3.05) is 13.1 Å². The van der Waals surface area contributed by atoms with Gasteiger partial charge in [0.1, 0.15) is 6.26 Å². The average molecular weight is 389 g/mol. The fourth-order valence-corrected chi connectivity index (χ4v) is 3.72. The lowest BCUT2D eigenvalue weighted by Gasteiger charge is -2.32. The molecule has 3 heterocycles. The van der Waals surface area contributed by atoms with Crippen LogP contribution in [0, 0.1) is 5.92 Å². The van der Waals surface area contributed by atoms with E-state index in [2.05, 4.69) is 10.3 Å². The normalized spacial score (nSPS) is 17.5. The molecule has 1 fully saturated rings. The molecule has 1 N–H and O–H groups in total. The summed E-state index contributed by atoms with van der Waals surface area (Å²) in [6.07, 6.45) is 6.20. The standard InChI is InChI=1S/C23H23N3O3/c27-22(18-9-6-13-26(15-18)23(28)19-11-14-29-16-19)25-21(17-7-2-1-3-8-17)20-10-4-5-12-24-20/h1-5,7-8,10-12,14,16,18,21H,6,9,13,15H2,(H,25,27). The maximum atomic E-state index is 13.1. The second-order valence-electron chi connectivity index (χ2n) is 7.21. The van der Waals surface area contributed by atoms with Gasteiger partial charge in [-0.05, 0) is 36.6 Å². The van der Waals surface area contributed by atoms with Crippen LogP contribution < -0.4 is 5.32 Å². The third-order valence-electron chi connectivity index (χ3n) is 5.25. The summed E-state index contributed by atoms with van der Waals surface area (Å²) in [6.45, 7) is 1.05. The Morgan fingerprint density at radius 1 is 1.10 bits per heavy atom. The van der Waals surface area contributed by atoms with E-state index >= 15 is 0 Å². The highest BCUT2D eigenvalue weighted by Crippen LogP contribution is 2.24. The van der Waals surface area contributed by atoms with Crippen molar-refractivity contribution < 1.29 is 14.0 Å². The lowest BCUT2D eigenvalue weighted by atomic mass is 9.95. The zero-order valence-corrected chi connectivity index (χ0v) is 16.0. The van der Waals surface area contributed by atoms with Crippen LogP contribution in [0.2, 0.25) is 0 Å². The molecule has 29 heavy (non-hydrogen) atoms. The number of benzene rings is 1. The number of piperidine rings is 1. The molecule has 1 aromatic carbocycles. The highest BCUT2D eigenvalue weighted by Gasteiger charge is 2.31. The van der Waals surface area contributed by atoms with Crippen molar-refractivity contribution in [2.45, 2.75) is 18.9 Å². The summed E-state index contributed by atoms with van der Waals surface area (Å²) in [5.74, 6) is -0.413. The molecule has 6 nitrogen and oxygen atoms in total. The summed E-state index contributed by atoms with van der Waals surface area (Å²) in [6, 6.07) is 16.8. The SMILES string of the molecule is O=C(NC(c1ccccc1)c1ccccn1)C1CCCN(C(=O)c2ccoc2)C1. The largest absolute Gasteiger partial charge is 0.472 e. The van der Waals surface area contributed by atoms with E-state index in [1.54, 1.807) is 17.2 Å². The molecular weight excluding hydrogens is 366 g/mol. The van der Waals surface area contributed by atoms with Crippen LogP contribution in [-0.4, -0.2) is 34.8 Å². The topological polar surface area (TPSA) is 75.4 Å². The third kappa shape index (κ3) is 4.37. The van der Waals surface area contributed by atoms with Crippen LogP contribution in [-0.2, 0) is 4.79 Å². The Balaban J connectivity index is 1.49. The van der Waals surface area contributed by atoms with E-state index in [1.807, 2.05) is 48.5 Å². The van der Waals surface area contributed by atoms with Crippen LogP contribution in [0.15, 0.2) is 77.7 Å². The molecule has 0 saturated carbocycles. The van der Waals surface area contributed by atoms with Crippen molar-refractivity contribution in [1.29, 1.82) is 0 Å². The lowest BCUT2D eigenvalue weighted by Crippen LogP contribution is -2.46. The van der Waals surface area contributed by atoms with Gasteiger partial charge in [0.25, 0.3) is 5.91 Å². The lowest BCUT2D eigenvalue weighted by molar-refractivity contribution is -0.126. The molecule has 0 radical (unpaired) electrons. The summed E-state index contributed by atoms with van der Waals surface area (Å²) in [5.41, 5.74) is 2.28. The molecule has 148 valence electrons. The smallest absolute Gasteiger partial charge is 0.257 e. The molecule has 1 aliphatic heterocycles. The molecule has 4 rings (SSSR count). The molecule has 2 aromatic heterocycles. The summed E-state index contributed by atoms with van der Waals surface area (Å²) >= 11 is 0. The summed E-state index contributed by atoms with van der Waals surface area (Å²) in [7, 11) is 0. The molecular formula is C23H23N3O3. The maximum Gasteiger partial charge on any atom is 0.257 e. The Labute approximate surface area is 169 Å². The predicted octanol–water partition coefficient (Wildman–Crippen LogP) is 3.43. The van der Waals surface area contributed by atoms with Crippen molar-refractivity contribution in [3.63, 3.8) is 0 Å². The van der Waals surface area contributed by atoms with Crippen molar-refractivity contribution in [2.24, 2.45) is 5.92 Å². The number of likely N-dealkylation sites (tertiary alicyclic amines) is 1. The minimum absolute atomic E-state index is 0.0609. The van der Waals surface area contributed by atoms with Crippen molar-refractivity contribution in [3.8, 4) is 0 Å². The molecule has 6 heteroatoms. The number of aromatic nitrogens is 1. The van der Waals surface area contributed by atoms with Crippen LogP contribution in [0.1, 0.15) is 40.5 Å². The second-order valence-corrected chi connectivity index (χ2v) is 7.21. The van der Waals surface area contributed by atoms with E-state index in [9.17, 15) is 9.59 Å². The van der Waals surface area contributed by atoms with Crippen LogP contribution in [0.4, 0.5) is 0 Å². The maximum absolute atomic E-state index is 13.1. The van der Waals surface area contributed by atoms with Gasteiger partial charge < -0.3 is 14.6 Å². The van der Waals surface area contributed by atoms with Crippen LogP contribution in [0.25, 0.3) is 0 Å². The predicted molar refractivity (Wildman–Crippen MR) is 108 cm³/mol. The van der Waals surface area contributed by atoms with Crippen molar-refractivity contribution in [3.05, 3.63) is 90.1 Å². The number of rotatable bonds is 5. The second kappa shape index (κ2) is 8.73. The first-order valence-corrected chi connectivity index (χ1v) is 9.80. The van der Waals surface area contributed by atoms with E-state index in [-0.39, 0.29) is 23.8 Å². The summed E-state index contributed by atoms with van der Waals surface area (Å²) < 4.78 is 5.02. The highest BCUT2D eigenvalue weighted by atomic mass is 16.3. The molecule has 2 atom stereocenters. The Bertz CT molecular complexity index is 903. The number of nitrogens with one attached hydrogen (secondary N) is 1. The first-order chi connectivity index (χ1) is 14.2. The number of nitrogens with zero attached hydrogens (tertiary/aromatic N) is 2. The fourth-order valence-electron chi connectivity index (χ4n) is 3.72. The van der Waals surface area contributed by atoms with E-state index in [4.69, 9.17) is 4.42 Å². The number of hydrogen-bond donors (Lipinski definition) is 1. The van der Waals surface area contributed by atoms with Gasteiger partial charge in [0, 0.05) is 19.3 Å². The first-order valence-electron chi connectivity index (χ1n) is 9.80. The Kier molecular flexibility index (Phi) is 5.70. The number of carbonyl (C=O) groups excluding carboxylic acids is 2. The first kappa shape index (κ1) is 18.9. The quantitative estimate of drug-likeness (QED) is 0.725. The molecule has 1 saturated heterocycles. The fraction of sp³-hybridized carbons (Fsp3) is 0.261.